The van der Waals surface area contributed by atoms with Gasteiger partial charge in [0.25, 0.3) is 0 Å². The van der Waals surface area contributed by atoms with Crippen molar-refractivity contribution in [3.8, 4) is 0 Å². The van der Waals surface area contributed by atoms with Crippen LogP contribution in [0.5, 0.6) is 0 Å². The molecular formula is C10H8N2O2Se. The molecule has 0 spiro atoms. The fourth-order valence-electron chi connectivity index (χ4n) is 1.48. The van der Waals surface area contributed by atoms with Gasteiger partial charge in [-0.15, -0.1) is 0 Å². The van der Waals surface area contributed by atoms with Crippen LogP contribution in [0.2, 0.25) is 0 Å². The molecule has 4 nitrogen and oxygen atoms in total. The van der Waals surface area contributed by atoms with Crippen LogP contribution in [0.25, 0.3) is 0 Å². The van der Waals surface area contributed by atoms with Crippen molar-refractivity contribution in [2.45, 2.75) is 6.92 Å². The van der Waals surface area contributed by atoms with Crippen LogP contribution in [0.4, 0.5) is 0 Å². The van der Waals surface area contributed by atoms with E-state index in [1.54, 1.807) is 0 Å². The van der Waals surface area contributed by atoms with E-state index >= 15 is 0 Å². The van der Waals surface area contributed by atoms with Gasteiger partial charge < -0.3 is 0 Å². The maximum atomic E-state index is 5.25. The molecule has 76 valence electrons. The van der Waals surface area contributed by atoms with Gasteiger partial charge in [0.2, 0.25) is 0 Å². The normalized spacial score (nSPS) is 22.7. The number of hydrogen-bond acceptors (Lipinski definition) is 4. The Kier molecular flexibility index (Phi) is 1.94. The molecule has 0 aliphatic carbocycles. The van der Waals surface area contributed by atoms with Gasteiger partial charge in [0.1, 0.15) is 0 Å². The molecule has 0 N–H and O–H groups in total. The van der Waals surface area contributed by atoms with Crippen LogP contribution < -0.4 is 0 Å². The molecule has 2 aliphatic rings. The van der Waals surface area contributed by atoms with Crippen LogP contribution in [0.15, 0.2) is 40.6 Å². The van der Waals surface area contributed by atoms with Gasteiger partial charge in [-0.25, -0.2) is 0 Å². The van der Waals surface area contributed by atoms with Gasteiger partial charge >= 0.3 is 90.9 Å². The number of hydrogen-bond donors (Lipinski definition) is 0. The Bertz CT molecular complexity index is 505. The summed E-state index contributed by atoms with van der Waals surface area (Å²) in [5.74, 6) is 0. The summed E-state index contributed by atoms with van der Waals surface area (Å²) in [6.07, 6.45) is 0. The molecular weight excluding hydrogens is 259 g/mol. The molecule has 3 rings (SSSR count). The number of nitrogens with zero attached hydrogens (tertiary/aromatic N) is 2. The van der Waals surface area contributed by atoms with Crippen molar-refractivity contribution >= 4 is 30.0 Å². The fourth-order valence-corrected chi connectivity index (χ4v) is 3.77. The van der Waals surface area contributed by atoms with Gasteiger partial charge in [-0.1, -0.05) is 0 Å². The minimum atomic E-state index is -1.68. The summed E-state index contributed by atoms with van der Waals surface area (Å²) in [5, 5.41) is 8.00. The summed E-state index contributed by atoms with van der Waals surface area (Å²) in [6, 6.07) is 9.96. The van der Waals surface area contributed by atoms with E-state index in [4.69, 9.17) is 7.84 Å². The van der Waals surface area contributed by atoms with Crippen LogP contribution in [-0.2, 0) is 7.84 Å². The Hall–Kier alpha value is -1.45. The van der Waals surface area contributed by atoms with Crippen molar-refractivity contribution in [2.75, 3.05) is 0 Å². The summed E-state index contributed by atoms with van der Waals surface area (Å²) in [6.45, 7) is 1.92. The molecule has 1 aromatic carbocycles. The molecule has 1 aromatic rings. The Morgan fingerprint density at radius 2 is 1.80 bits per heavy atom. The molecule has 2 heterocycles. The Labute approximate surface area is 91.3 Å². The quantitative estimate of drug-likeness (QED) is 0.714. The van der Waals surface area contributed by atoms with Crippen molar-refractivity contribution in [1.29, 1.82) is 0 Å². The van der Waals surface area contributed by atoms with Gasteiger partial charge in [-0.3, -0.25) is 0 Å². The molecule has 1 unspecified atom stereocenters. The molecule has 0 amide bonds. The molecule has 1 atom stereocenters. The standard InChI is InChI=1S/C10H8N2O2Se/c1-7-10-9(8-5-3-2-4-6-8)12-14-15(10)13-11-7/h2-6H,1H3. The molecule has 0 radical (unpaired) electrons. The van der Waals surface area contributed by atoms with Crippen molar-refractivity contribution in [3.63, 3.8) is 0 Å². The predicted octanol–water partition coefficient (Wildman–Crippen LogP) is 1.07. The van der Waals surface area contributed by atoms with E-state index in [0.29, 0.717) is 0 Å². The van der Waals surface area contributed by atoms with Crippen molar-refractivity contribution in [2.24, 2.45) is 10.3 Å². The molecule has 15 heavy (non-hydrogen) atoms. The first-order valence-electron chi connectivity index (χ1n) is 4.51. The fraction of sp³-hybridized carbons (Fsp3) is 0.100. The van der Waals surface area contributed by atoms with Crippen LogP contribution >= 0.6 is 0 Å². The second-order valence-corrected chi connectivity index (χ2v) is 5.66. The van der Waals surface area contributed by atoms with Crippen LogP contribution in [0, 0.1) is 0 Å². The van der Waals surface area contributed by atoms with E-state index in [1.165, 1.54) is 0 Å². The summed E-state index contributed by atoms with van der Waals surface area (Å²) < 4.78 is 11.5. The van der Waals surface area contributed by atoms with Crippen LogP contribution in [0.1, 0.15) is 12.5 Å². The third kappa shape index (κ3) is 1.32. The topological polar surface area (TPSA) is 43.2 Å². The molecule has 0 saturated heterocycles. The van der Waals surface area contributed by atoms with Crippen molar-refractivity contribution < 1.29 is 7.84 Å². The number of benzene rings is 1. The van der Waals surface area contributed by atoms with E-state index in [9.17, 15) is 0 Å². The number of oxime groups is 2. The average molecular weight is 267 g/mol. The summed E-state index contributed by atoms with van der Waals surface area (Å²) >= 11 is -1.68. The molecule has 5 heteroatoms. The molecule has 0 fully saturated rings. The van der Waals surface area contributed by atoms with Crippen LogP contribution in [-0.4, -0.2) is 30.0 Å². The average Bonchev–Trinajstić information content (AvgIpc) is 2.84. The summed E-state index contributed by atoms with van der Waals surface area (Å²) in [4.78, 5) is 0. The zero-order chi connectivity index (χ0) is 10.3. The third-order valence-corrected chi connectivity index (χ3v) is 4.80. The molecule has 0 aromatic heterocycles. The van der Waals surface area contributed by atoms with Gasteiger partial charge in [0.15, 0.2) is 0 Å². The zero-order valence-corrected chi connectivity index (χ0v) is 9.72. The zero-order valence-electron chi connectivity index (χ0n) is 8.01. The first-order valence-corrected chi connectivity index (χ1v) is 6.77. The van der Waals surface area contributed by atoms with E-state index in [0.717, 1.165) is 21.4 Å². The molecule has 0 bridgehead atoms. The minimum absolute atomic E-state index is 0.874. The Morgan fingerprint density at radius 3 is 2.60 bits per heavy atom. The first kappa shape index (κ1) is 8.83. The number of rotatable bonds is 1. The van der Waals surface area contributed by atoms with Crippen molar-refractivity contribution in [3.05, 3.63) is 35.9 Å². The Balaban J connectivity index is 2.07. The van der Waals surface area contributed by atoms with E-state index < -0.39 is 14.1 Å². The second kappa shape index (κ2) is 3.29. The maximum absolute atomic E-state index is 5.25. The van der Waals surface area contributed by atoms with E-state index in [1.807, 2.05) is 37.3 Å². The van der Waals surface area contributed by atoms with E-state index in [2.05, 4.69) is 10.3 Å². The Morgan fingerprint density at radius 1 is 1.07 bits per heavy atom. The predicted molar refractivity (Wildman–Crippen MR) is 59.0 cm³/mol. The van der Waals surface area contributed by atoms with E-state index in [-0.39, 0.29) is 0 Å². The van der Waals surface area contributed by atoms with Gasteiger partial charge in [0, 0.05) is 0 Å². The summed E-state index contributed by atoms with van der Waals surface area (Å²) in [7, 11) is 0. The summed E-state index contributed by atoms with van der Waals surface area (Å²) in [5.41, 5.74) is 2.82. The van der Waals surface area contributed by atoms with Crippen LogP contribution in [0.3, 0.4) is 0 Å². The monoisotopic (exact) mass is 268 g/mol. The third-order valence-electron chi connectivity index (χ3n) is 2.20. The second-order valence-electron chi connectivity index (χ2n) is 3.20. The van der Waals surface area contributed by atoms with Gasteiger partial charge in [-0.05, 0) is 0 Å². The SMILES string of the molecule is CC1=NO[Se]2=C1C(c1ccccc1)=NO2. The van der Waals surface area contributed by atoms with Crippen molar-refractivity contribution in [1.82, 2.24) is 0 Å². The molecule has 0 saturated carbocycles. The molecule has 2 aliphatic heterocycles. The first-order chi connectivity index (χ1) is 7.36. The van der Waals surface area contributed by atoms with Gasteiger partial charge in [-0.2, -0.15) is 0 Å². The van der Waals surface area contributed by atoms with Gasteiger partial charge in [0.05, 0.1) is 0 Å².